The average molecular weight is 414 g/mol. The molecule has 30 heavy (non-hydrogen) atoms. The van der Waals surface area contributed by atoms with E-state index in [-0.39, 0.29) is 11.2 Å². The minimum atomic E-state index is -0.0413. The van der Waals surface area contributed by atoms with Crippen LogP contribution in [-0.2, 0) is 6.61 Å². The van der Waals surface area contributed by atoms with Gasteiger partial charge in [-0.1, -0.05) is 36.4 Å². The van der Waals surface area contributed by atoms with Crippen LogP contribution in [0.2, 0.25) is 0 Å². The van der Waals surface area contributed by atoms with E-state index in [4.69, 9.17) is 4.74 Å². The highest BCUT2D eigenvalue weighted by molar-refractivity contribution is 8.02. The molecule has 2 aromatic carbocycles. The van der Waals surface area contributed by atoms with Crippen LogP contribution in [0.3, 0.4) is 0 Å². The van der Waals surface area contributed by atoms with E-state index in [2.05, 4.69) is 15.3 Å². The Morgan fingerprint density at radius 2 is 2.00 bits per heavy atom. The number of aromatic amines is 1. The van der Waals surface area contributed by atoms with Crippen molar-refractivity contribution in [2.24, 2.45) is 0 Å². The van der Waals surface area contributed by atoms with Gasteiger partial charge in [-0.15, -0.1) is 11.8 Å². The van der Waals surface area contributed by atoms with Gasteiger partial charge in [0.25, 0.3) is 0 Å². The van der Waals surface area contributed by atoms with Crippen LogP contribution in [0.5, 0.6) is 5.75 Å². The minimum absolute atomic E-state index is 0.00683. The number of carbonyl (C=O) groups excluding carboxylic acids is 1. The number of rotatable bonds is 6. The quantitative estimate of drug-likeness (QED) is 0.425. The van der Waals surface area contributed by atoms with Gasteiger partial charge in [-0.3, -0.25) is 9.78 Å². The van der Waals surface area contributed by atoms with Gasteiger partial charge in [0.05, 0.1) is 5.70 Å². The van der Waals surface area contributed by atoms with Crippen LogP contribution < -0.4 is 10.1 Å². The highest BCUT2D eigenvalue weighted by Gasteiger charge is 2.25. The SMILES string of the molecule is O=C(C1=CSC(c2cccnc2)N1)c1c[nH]c2ccc(OCc3ccccc3)cc12. The molecule has 148 valence electrons. The summed E-state index contributed by atoms with van der Waals surface area (Å²) < 4.78 is 5.94. The first-order chi connectivity index (χ1) is 14.8. The van der Waals surface area contributed by atoms with Crippen LogP contribution in [0.25, 0.3) is 10.9 Å². The van der Waals surface area contributed by atoms with E-state index in [1.165, 1.54) is 0 Å². The van der Waals surface area contributed by atoms with Gasteiger partial charge in [-0.25, -0.2) is 0 Å². The van der Waals surface area contributed by atoms with E-state index >= 15 is 0 Å². The number of pyridine rings is 1. The van der Waals surface area contributed by atoms with Gasteiger partial charge >= 0.3 is 0 Å². The Kier molecular flexibility index (Phi) is 4.99. The predicted molar refractivity (Wildman–Crippen MR) is 119 cm³/mol. The molecule has 1 aliphatic heterocycles. The first-order valence-corrected chi connectivity index (χ1v) is 10.6. The molecule has 0 bridgehead atoms. The van der Waals surface area contributed by atoms with Crippen molar-refractivity contribution in [3.63, 3.8) is 0 Å². The van der Waals surface area contributed by atoms with Gasteiger partial charge in [0.15, 0.2) is 0 Å². The molecule has 5 rings (SSSR count). The Bertz CT molecular complexity index is 1220. The number of benzene rings is 2. The summed E-state index contributed by atoms with van der Waals surface area (Å²) in [6, 6.07) is 19.7. The maximum Gasteiger partial charge on any atom is 0.211 e. The zero-order valence-electron chi connectivity index (χ0n) is 16.0. The Hall–Kier alpha value is -3.51. The van der Waals surface area contributed by atoms with Crippen LogP contribution >= 0.6 is 11.8 Å². The number of nitrogens with one attached hydrogen (secondary N) is 2. The molecule has 4 aromatic rings. The number of ketones is 1. The maximum atomic E-state index is 13.2. The van der Waals surface area contributed by atoms with E-state index in [0.29, 0.717) is 17.9 Å². The minimum Gasteiger partial charge on any atom is -0.489 e. The summed E-state index contributed by atoms with van der Waals surface area (Å²) in [6.07, 6.45) is 5.32. The number of allylic oxidation sites excluding steroid dienone is 1. The molecule has 5 nitrogen and oxygen atoms in total. The van der Waals surface area contributed by atoms with E-state index in [9.17, 15) is 4.79 Å². The molecular weight excluding hydrogens is 394 g/mol. The van der Waals surface area contributed by atoms with Gasteiger partial charge in [-0.05, 0) is 29.8 Å². The Morgan fingerprint density at radius 3 is 2.83 bits per heavy atom. The second kappa shape index (κ2) is 8.08. The molecule has 3 heterocycles. The molecule has 2 aromatic heterocycles. The maximum absolute atomic E-state index is 13.2. The molecule has 0 saturated heterocycles. The topological polar surface area (TPSA) is 67.0 Å². The van der Waals surface area contributed by atoms with E-state index < -0.39 is 0 Å². The smallest absolute Gasteiger partial charge is 0.211 e. The highest BCUT2D eigenvalue weighted by atomic mass is 32.2. The second-order valence-electron chi connectivity index (χ2n) is 6.99. The Morgan fingerprint density at radius 1 is 1.10 bits per heavy atom. The largest absolute Gasteiger partial charge is 0.489 e. The molecule has 0 aliphatic carbocycles. The van der Waals surface area contributed by atoms with Crippen molar-refractivity contribution >= 4 is 28.4 Å². The molecule has 6 heteroatoms. The monoisotopic (exact) mass is 413 g/mol. The van der Waals surface area contributed by atoms with Crippen LogP contribution in [0.15, 0.2) is 90.4 Å². The Balaban J connectivity index is 1.34. The summed E-state index contributed by atoms with van der Waals surface area (Å²) in [5.74, 6) is 0.691. The van der Waals surface area contributed by atoms with Crippen molar-refractivity contribution in [1.82, 2.24) is 15.3 Å². The molecule has 1 atom stereocenters. The first kappa shape index (κ1) is 18.5. The van der Waals surface area contributed by atoms with Gasteiger partial charge in [0.2, 0.25) is 5.78 Å². The number of hydrogen-bond acceptors (Lipinski definition) is 5. The lowest BCUT2D eigenvalue weighted by atomic mass is 10.1. The molecule has 1 unspecified atom stereocenters. The molecule has 0 saturated carbocycles. The number of thioether (sulfide) groups is 1. The number of hydrogen-bond donors (Lipinski definition) is 2. The van der Waals surface area contributed by atoms with E-state index in [0.717, 1.165) is 27.8 Å². The van der Waals surface area contributed by atoms with E-state index in [1.807, 2.05) is 72.3 Å². The van der Waals surface area contributed by atoms with Crippen LogP contribution in [0.4, 0.5) is 0 Å². The van der Waals surface area contributed by atoms with Crippen molar-refractivity contribution in [3.8, 4) is 5.75 Å². The molecule has 1 aliphatic rings. The first-order valence-electron chi connectivity index (χ1n) is 9.62. The number of aromatic nitrogens is 2. The fraction of sp³-hybridized carbons (Fsp3) is 0.0833. The van der Waals surface area contributed by atoms with Crippen LogP contribution in [0, 0.1) is 0 Å². The summed E-state index contributed by atoms with van der Waals surface area (Å²) in [5, 5.41) is 6.04. The fourth-order valence-corrected chi connectivity index (χ4v) is 4.36. The summed E-state index contributed by atoms with van der Waals surface area (Å²) in [7, 11) is 0. The summed E-state index contributed by atoms with van der Waals surface area (Å²) in [6.45, 7) is 0.482. The summed E-state index contributed by atoms with van der Waals surface area (Å²) >= 11 is 1.57. The molecule has 0 fully saturated rings. The van der Waals surface area contributed by atoms with Crippen molar-refractivity contribution in [1.29, 1.82) is 0 Å². The van der Waals surface area contributed by atoms with Crippen LogP contribution in [-0.4, -0.2) is 15.8 Å². The number of carbonyl (C=O) groups is 1. The lowest BCUT2D eigenvalue weighted by molar-refractivity contribution is 0.102. The van der Waals surface area contributed by atoms with Crippen molar-refractivity contribution in [2.45, 2.75) is 12.0 Å². The fourth-order valence-electron chi connectivity index (χ4n) is 3.42. The second-order valence-corrected chi connectivity index (χ2v) is 7.97. The summed E-state index contributed by atoms with van der Waals surface area (Å²) in [5.41, 5.74) is 4.26. The molecule has 0 radical (unpaired) electrons. The van der Waals surface area contributed by atoms with Crippen LogP contribution in [0.1, 0.15) is 26.9 Å². The zero-order valence-corrected chi connectivity index (χ0v) is 16.9. The van der Waals surface area contributed by atoms with Gasteiger partial charge in [-0.2, -0.15) is 0 Å². The van der Waals surface area contributed by atoms with Crippen molar-refractivity contribution in [2.75, 3.05) is 0 Å². The van der Waals surface area contributed by atoms with Gasteiger partial charge in [0.1, 0.15) is 17.7 Å². The number of ether oxygens (including phenoxy) is 1. The standard InChI is InChI=1S/C24H19N3O2S/c28-23(22-15-30-24(27-22)17-7-4-10-25-12-17)20-13-26-21-9-8-18(11-19(20)21)29-14-16-5-2-1-3-6-16/h1-13,15,24,26-27H,14H2. The molecular formula is C24H19N3O2S. The van der Waals surface area contributed by atoms with Gasteiger partial charge in [0, 0.05) is 46.0 Å². The van der Waals surface area contributed by atoms with Gasteiger partial charge < -0.3 is 15.0 Å². The van der Waals surface area contributed by atoms with Crippen molar-refractivity contribution < 1.29 is 9.53 Å². The van der Waals surface area contributed by atoms with E-state index in [1.54, 1.807) is 24.2 Å². The number of nitrogens with zero attached hydrogens (tertiary/aromatic N) is 1. The average Bonchev–Trinajstić information content (AvgIpc) is 3.46. The lowest BCUT2D eigenvalue weighted by Crippen LogP contribution is -2.19. The van der Waals surface area contributed by atoms with Crippen molar-refractivity contribution in [3.05, 3.63) is 107 Å². The number of Topliss-reactive ketones (excluding diaryl/α,β-unsaturated/α-hetero) is 1. The molecule has 0 spiro atoms. The third kappa shape index (κ3) is 3.69. The lowest BCUT2D eigenvalue weighted by Gasteiger charge is -2.12. The summed E-state index contributed by atoms with van der Waals surface area (Å²) in [4.78, 5) is 20.5. The molecule has 0 amide bonds. The number of fused-ring (bicyclic) bond motifs is 1. The number of H-pyrrole nitrogens is 1. The third-order valence-corrected chi connectivity index (χ3v) is 6.02. The predicted octanol–water partition coefficient (Wildman–Crippen LogP) is 5.20. The third-order valence-electron chi connectivity index (χ3n) is 4.99. The highest BCUT2D eigenvalue weighted by Crippen LogP contribution is 2.35. The zero-order chi connectivity index (χ0) is 20.3. The normalized spacial score (nSPS) is 15.6. The Labute approximate surface area is 178 Å². The molecule has 2 N–H and O–H groups in total.